The fourth-order valence-corrected chi connectivity index (χ4v) is 1.51. The number of amides is 1. The van der Waals surface area contributed by atoms with Crippen LogP contribution in [0.25, 0.3) is 0 Å². The molecule has 1 rings (SSSR count). The maximum absolute atomic E-state index is 11.3. The third-order valence-electron chi connectivity index (χ3n) is 2.54. The van der Waals surface area contributed by atoms with E-state index in [9.17, 15) is 9.59 Å². The summed E-state index contributed by atoms with van der Waals surface area (Å²) in [6.07, 6.45) is 1.07. The van der Waals surface area contributed by atoms with Crippen molar-refractivity contribution in [1.29, 1.82) is 0 Å². The van der Waals surface area contributed by atoms with Crippen LogP contribution in [0.3, 0.4) is 0 Å². The highest BCUT2D eigenvalue weighted by molar-refractivity contribution is 5.94. The van der Waals surface area contributed by atoms with Crippen molar-refractivity contribution in [3.8, 4) is 5.75 Å². The Morgan fingerprint density at radius 1 is 1.26 bits per heavy atom. The van der Waals surface area contributed by atoms with E-state index in [2.05, 4.69) is 5.32 Å². The number of ketones is 1. The van der Waals surface area contributed by atoms with Crippen molar-refractivity contribution >= 4 is 11.7 Å². The molecular weight excluding hydrogens is 244 g/mol. The lowest BCUT2D eigenvalue weighted by Crippen LogP contribution is -2.29. The van der Waals surface area contributed by atoms with Crippen molar-refractivity contribution in [2.45, 2.75) is 19.8 Å². The fraction of sp³-hybridized carbons (Fsp3) is 0.429. The molecule has 1 aromatic carbocycles. The number of nitrogens with two attached hydrogens (primary N) is 1. The summed E-state index contributed by atoms with van der Waals surface area (Å²) in [5.41, 5.74) is 5.94. The Morgan fingerprint density at radius 3 is 2.53 bits per heavy atom. The zero-order valence-corrected chi connectivity index (χ0v) is 11.1. The van der Waals surface area contributed by atoms with Gasteiger partial charge in [-0.2, -0.15) is 0 Å². The van der Waals surface area contributed by atoms with Gasteiger partial charge < -0.3 is 15.8 Å². The van der Waals surface area contributed by atoms with Gasteiger partial charge in [0.1, 0.15) is 5.75 Å². The van der Waals surface area contributed by atoms with Crippen LogP contribution in [-0.2, 0) is 4.79 Å². The molecule has 5 heteroatoms. The van der Waals surface area contributed by atoms with Crippen LogP contribution in [0.2, 0.25) is 0 Å². The van der Waals surface area contributed by atoms with Crippen LogP contribution >= 0.6 is 0 Å². The largest absolute Gasteiger partial charge is 0.494 e. The second kappa shape index (κ2) is 8.26. The minimum Gasteiger partial charge on any atom is -0.494 e. The summed E-state index contributed by atoms with van der Waals surface area (Å²) in [6, 6.07) is 6.97. The Kier molecular flexibility index (Phi) is 6.60. The van der Waals surface area contributed by atoms with Gasteiger partial charge in [0.2, 0.25) is 5.91 Å². The molecule has 0 saturated heterocycles. The lowest BCUT2D eigenvalue weighted by Gasteiger charge is -2.07. The number of hydrogen-bond donors (Lipinski definition) is 2. The first-order valence-corrected chi connectivity index (χ1v) is 6.34. The zero-order valence-electron chi connectivity index (χ0n) is 11.1. The maximum atomic E-state index is 11.3. The van der Waals surface area contributed by atoms with E-state index in [1.165, 1.54) is 6.92 Å². The van der Waals surface area contributed by atoms with Gasteiger partial charge >= 0.3 is 0 Å². The molecule has 0 unspecified atom stereocenters. The van der Waals surface area contributed by atoms with Crippen LogP contribution in [0, 0.1) is 0 Å². The highest BCUT2D eigenvalue weighted by Gasteiger charge is 2.01. The van der Waals surface area contributed by atoms with E-state index < -0.39 is 0 Å². The Labute approximate surface area is 113 Å². The van der Waals surface area contributed by atoms with E-state index in [0.717, 1.165) is 0 Å². The summed E-state index contributed by atoms with van der Waals surface area (Å²) < 4.78 is 5.48. The van der Waals surface area contributed by atoms with E-state index in [0.29, 0.717) is 43.9 Å². The molecule has 1 amide bonds. The number of benzene rings is 1. The molecular formula is C14H20N2O3. The van der Waals surface area contributed by atoms with Gasteiger partial charge in [-0.1, -0.05) is 0 Å². The molecule has 1 aromatic rings. The van der Waals surface area contributed by atoms with Crippen LogP contribution in [0.1, 0.15) is 30.1 Å². The lowest BCUT2D eigenvalue weighted by atomic mass is 10.1. The van der Waals surface area contributed by atoms with Gasteiger partial charge in [0.25, 0.3) is 0 Å². The van der Waals surface area contributed by atoms with E-state index in [1.807, 2.05) is 0 Å². The van der Waals surface area contributed by atoms with Gasteiger partial charge in [-0.15, -0.1) is 0 Å². The Balaban J connectivity index is 2.22. The van der Waals surface area contributed by atoms with Gasteiger partial charge in [0, 0.05) is 25.1 Å². The number of nitrogens with one attached hydrogen (secondary N) is 1. The van der Waals surface area contributed by atoms with E-state index >= 15 is 0 Å². The first-order valence-electron chi connectivity index (χ1n) is 6.34. The molecule has 0 saturated carbocycles. The Bertz CT molecular complexity index is 415. The normalized spacial score (nSPS) is 10.0. The summed E-state index contributed by atoms with van der Waals surface area (Å²) in [5, 5.41) is 2.69. The number of carbonyl (C=O) groups excluding carboxylic acids is 2. The van der Waals surface area contributed by atoms with Crippen molar-refractivity contribution in [3.63, 3.8) is 0 Å². The third kappa shape index (κ3) is 6.01. The topological polar surface area (TPSA) is 81.4 Å². The van der Waals surface area contributed by atoms with Gasteiger partial charge in [0.05, 0.1) is 6.61 Å². The minimum absolute atomic E-state index is 0.0130. The predicted molar refractivity (Wildman–Crippen MR) is 73.2 cm³/mol. The average molecular weight is 264 g/mol. The molecule has 0 fully saturated rings. The maximum Gasteiger partial charge on any atom is 0.220 e. The summed E-state index contributed by atoms with van der Waals surface area (Å²) in [6.45, 7) is 2.95. The molecule has 0 radical (unpaired) electrons. The molecule has 19 heavy (non-hydrogen) atoms. The number of rotatable bonds is 8. The van der Waals surface area contributed by atoms with E-state index in [4.69, 9.17) is 10.5 Å². The number of ether oxygens (including phenoxy) is 1. The third-order valence-corrected chi connectivity index (χ3v) is 2.54. The molecule has 0 atom stereocenters. The second-order valence-corrected chi connectivity index (χ2v) is 4.17. The smallest absolute Gasteiger partial charge is 0.220 e. The highest BCUT2D eigenvalue weighted by Crippen LogP contribution is 2.12. The quantitative estimate of drug-likeness (QED) is 0.544. The van der Waals surface area contributed by atoms with E-state index in [-0.39, 0.29) is 11.7 Å². The Hall–Kier alpha value is -1.88. The number of hydrogen-bond acceptors (Lipinski definition) is 4. The van der Waals surface area contributed by atoms with Crippen molar-refractivity contribution in [3.05, 3.63) is 29.8 Å². The highest BCUT2D eigenvalue weighted by atomic mass is 16.5. The standard InChI is InChI=1S/C14H20N2O3/c1-11(17)12-4-6-13(7-5-12)19-10-2-3-14(18)16-9-8-15/h4-7H,2-3,8-10,15H2,1H3,(H,16,18). The van der Waals surface area contributed by atoms with Crippen LogP contribution < -0.4 is 15.8 Å². The SMILES string of the molecule is CC(=O)c1ccc(OCCCC(=O)NCCN)cc1. The summed E-state index contributed by atoms with van der Waals surface area (Å²) in [5.74, 6) is 0.719. The first kappa shape index (κ1) is 15.2. The summed E-state index contributed by atoms with van der Waals surface area (Å²) in [7, 11) is 0. The van der Waals surface area contributed by atoms with Gasteiger partial charge in [-0.25, -0.2) is 0 Å². The zero-order chi connectivity index (χ0) is 14.1. The van der Waals surface area contributed by atoms with Crippen molar-refractivity contribution in [1.82, 2.24) is 5.32 Å². The molecule has 3 N–H and O–H groups in total. The monoisotopic (exact) mass is 264 g/mol. The van der Waals surface area contributed by atoms with Crippen LogP contribution in [0.4, 0.5) is 0 Å². The predicted octanol–water partition coefficient (Wildman–Crippen LogP) is 1.12. The molecule has 0 aliphatic rings. The average Bonchev–Trinajstić information content (AvgIpc) is 2.41. The van der Waals surface area contributed by atoms with Crippen LogP contribution in [-0.4, -0.2) is 31.4 Å². The van der Waals surface area contributed by atoms with Gasteiger partial charge in [-0.05, 0) is 37.6 Å². The van der Waals surface area contributed by atoms with E-state index in [1.54, 1.807) is 24.3 Å². The molecule has 104 valence electrons. The number of carbonyl (C=O) groups is 2. The molecule has 5 nitrogen and oxygen atoms in total. The minimum atomic E-state index is -0.0130. The fourth-order valence-electron chi connectivity index (χ4n) is 1.51. The van der Waals surface area contributed by atoms with Crippen molar-refractivity contribution < 1.29 is 14.3 Å². The molecule has 0 aliphatic carbocycles. The molecule has 0 bridgehead atoms. The molecule has 0 aliphatic heterocycles. The van der Waals surface area contributed by atoms with Gasteiger partial charge in [-0.3, -0.25) is 9.59 Å². The second-order valence-electron chi connectivity index (χ2n) is 4.17. The van der Waals surface area contributed by atoms with Crippen molar-refractivity contribution in [2.75, 3.05) is 19.7 Å². The summed E-state index contributed by atoms with van der Waals surface area (Å²) >= 11 is 0. The Morgan fingerprint density at radius 2 is 1.95 bits per heavy atom. The van der Waals surface area contributed by atoms with Crippen LogP contribution in [0.15, 0.2) is 24.3 Å². The molecule has 0 spiro atoms. The lowest BCUT2D eigenvalue weighted by molar-refractivity contribution is -0.121. The molecule has 0 heterocycles. The first-order chi connectivity index (χ1) is 9.13. The van der Waals surface area contributed by atoms with Crippen molar-refractivity contribution in [2.24, 2.45) is 5.73 Å². The van der Waals surface area contributed by atoms with Crippen LogP contribution in [0.5, 0.6) is 5.75 Å². The number of Topliss-reactive ketones (excluding diaryl/α,β-unsaturated/α-hetero) is 1. The summed E-state index contributed by atoms with van der Waals surface area (Å²) in [4.78, 5) is 22.4. The van der Waals surface area contributed by atoms with Gasteiger partial charge in [0.15, 0.2) is 5.78 Å². The molecule has 0 aromatic heterocycles.